The van der Waals surface area contributed by atoms with E-state index in [2.05, 4.69) is 5.18 Å². The maximum absolute atomic E-state index is 10.4. The van der Waals surface area contributed by atoms with E-state index in [1.54, 1.807) is 26.0 Å². The minimum atomic E-state index is -0.401. The molecular formula is C12H17NO3S. The Morgan fingerprint density at radius 1 is 1.24 bits per heavy atom. The Morgan fingerprint density at radius 2 is 1.88 bits per heavy atom. The van der Waals surface area contributed by atoms with E-state index in [0.717, 1.165) is 5.75 Å². The van der Waals surface area contributed by atoms with Crippen molar-refractivity contribution < 1.29 is 9.47 Å². The van der Waals surface area contributed by atoms with Gasteiger partial charge in [-0.3, -0.25) is 0 Å². The first-order valence-corrected chi connectivity index (χ1v) is 6.37. The molecule has 0 amide bonds. The van der Waals surface area contributed by atoms with Crippen LogP contribution < -0.4 is 0 Å². The quantitative estimate of drug-likeness (QED) is 0.529. The number of methoxy groups -OCH3 is 2. The zero-order chi connectivity index (χ0) is 12.5. The van der Waals surface area contributed by atoms with Crippen molar-refractivity contribution in [1.82, 2.24) is 0 Å². The molecule has 5 heteroatoms. The number of hydrogen-bond donors (Lipinski definition) is 0. The molecule has 0 aliphatic heterocycles. The lowest BCUT2D eigenvalue weighted by atomic mass is 10.2. The number of ether oxygens (including phenoxy) is 2. The van der Waals surface area contributed by atoms with E-state index in [-0.39, 0.29) is 11.8 Å². The third-order valence-corrected chi connectivity index (χ3v) is 3.63. The van der Waals surface area contributed by atoms with Crippen LogP contribution in [0.4, 0.5) is 0 Å². The maximum Gasteiger partial charge on any atom is 0.170 e. The molecule has 1 aromatic rings. The van der Waals surface area contributed by atoms with Gasteiger partial charge in [-0.05, 0) is 5.56 Å². The number of nitroso groups, excluding NO2 is 1. The molecule has 0 N–H and O–H groups in total. The van der Waals surface area contributed by atoms with E-state index < -0.39 is 6.29 Å². The Morgan fingerprint density at radius 3 is 2.41 bits per heavy atom. The molecular weight excluding hydrogens is 238 g/mol. The second kappa shape index (κ2) is 8.22. The van der Waals surface area contributed by atoms with Crippen molar-refractivity contribution in [2.45, 2.75) is 17.3 Å². The van der Waals surface area contributed by atoms with Crippen LogP contribution in [0.25, 0.3) is 0 Å². The predicted molar refractivity (Wildman–Crippen MR) is 70.0 cm³/mol. The molecule has 17 heavy (non-hydrogen) atoms. The van der Waals surface area contributed by atoms with Gasteiger partial charge in [-0.25, -0.2) is 0 Å². The number of hydrogen-bond acceptors (Lipinski definition) is 5. The summed E-state index contributed by atoms with van der Waals surface area (Å²) < 4.78 is 10.3. The third-order valence-electron chi connectivity index (χ3n) is 2.33. The van der Waals surface area contributed by atoms with Gasteiger partial charge in [-0.2, -0.15) is 4.91 Å². The fourth-order valence-corrected chi connectivity index (χ4v) is 2.61. The van der Waals surface area contributed by atoms with Gasteiger partial charge in [0.2, 0.25) is 0 Å². The number of nitrogens with zero attached hydrogens (tertiary/aromatic N) is 1. The van der Waals surface area contributed by atoms with Gasteiger partial charge < -0.3 is 9.47 Å². The van der Waals surface area contributed by atoms with Crippen LogP contribution in [0.5, 0.6) is 0 Å². The highest BCUT2D eigenvalue weighted by atomic mass is 32.2. The van der Waals surface area contributed by atoms with E-state index in [4.69, 9.17) is 9.47 Å². The van der Waals surface area contributed by atoms with Gasteiger partial charge in [-0.15, -0.1) is 11.8 Å². The molecule has 0 fully saturated rings. The smallest absolute Gasteiger partial charge is 0.170 e. The molecule has 1 atom stereocenters. The average molecular weight is 255 g/mol. The summed E-state index contributed by atoms with van der Waals surface area (Å²) in [5.41, 5.74) is 1.21. The molecule has 0 saturated heterocycles. The molecule has 1 unspecified atom stereocenters. The number of benzene rings is 1. The first-order valence-electron chi connectivity index (χ1n) is 5.32. The van der Waals surface area contributed by atoms with Gasteiger partial charge in [0.25, 0.3) is 0 Å². The highest BCUT2D eigenvalue weighted by Crippen LogP contribution is 2.22. The average Bonchev–Trinajstić information content (AvgIpc) is 2.38. The fourth-order valence-electron chi connectivity index (χ4n) is 1.47. The van der Waals surface area contributed by atoms with Crippen molar-refractivity contribution in [2.75, 3.05) is 20.8 Å². The van der Waals surface area contributed by atoms with Crippen LogP contribution in [0.2, 0.25) is 0 Å². The summed E-state index contributed by atoms with van der Waals surface area (Å²) in [6.07, 6.45) is -0.401. The Labute approximate surface area is 106 Å². The van der Waals surface area contributed by atoms with Gasteiger partial charge >= 0.3 is 0 Å². The molecule has 0 bridgehead atoms. The molecule has 0 heterocycles. The standard InChI is InChI=1S/C12H17NO3S/c1-15-12(16-2)11(8-13-14)17-9-10-6-4-3-5-7-10/h3-7,11-12H,8-9H2,1-2H3. The van der Waals surface area contributed by atoms with Gasteiger partial charge in [0.1, 0.15) is 0 Å². The largest absolute Gasteiger partial charge is 0.355 e. The molecule has 1 rings (SSSR count). The molecule has 0 saturated carbocycles. The van der Waals surface area contributed by atoms with Crippen LogP contribution in [0.15, 0.2) is 35.5 Å². The second-order valence-corrected chi connectivity index (χ2v) is 4.71. The van der Waals surface area contributed by atoms with Crippen LogP contribution >= 0.6 is 11.8 Å². The zero-order valence-electron chi connectivity index (χ0n) is 10.0. The van der Waals surface area contributed by atoms with Crippen molar-refractivity contribution >= 4 is 11.8 Å². The maximum atomic E-state index is 10.4. The SMILES string of the molecule is COC(OC)C(CN=O)SCc1ccccc1. The summed E-state index contributed by atoms with van der Waals surface area (Å²) in [7, 11) is 3.13. The molecule has 0 spiro atoms. The van der Waals surface area contributed by atoms with Crippen LogP contribution in [-0.2, 0) is 15.2 Å². The lowest BCUT2D eigenvalue weighted by molar-refractivity contribution is -0.0999. The van der Waals surface area contributed by atoms with Crippen LogP contribution in [0, 0.1) is 4.91 Å². The normalized spacial score (nSPS) is 12.6. The van der Waals surface area contributed by atoms with E-state index >= 15 is 0 Å². The first-order chi connectivity index (χ1) is 8.31. The Bertz CT molecular complexity index is 317. The summed E-state index contributed by atoms with van der Waals surface area (Å²) >= 11 is 1.61. The van der Waals surface area contributed by atoms with Crippen molar-refractivity contribution in [1.29, 1.82) is 0 Å². The Kier molecular flexibility index (Phi) is 6.84. The molecule has 0 aliphatic carbocycles. The molecule has 94 valence electrons. The minimum Gasteiger partial charge on any atom is -0.355 e. The van der Waals surface area contributed by atoms with Gasteiger partial charge in [-0.1, -0.05) is 35.5 Å². The Hall–Kier alpha value is -0.910. The van der Waals surface area contributed by atoms with E-state index in [1.807, 2.05) is 30.3 Å². The van der Waals surface area contributed by atoms with Gasteiger partial charge in [0.15, 0.2) is 6.29 Å². The predicted octanol–water partition coefficient (Wildman–Crippen LogP) is 2.67. The molecule has 4 nitrogen and oxygen atoms in total. The minimum absolute atomic E-state index is 0.0808. The molecule has 0 aromatic heterocycles. The highest BCUT2D eigenvalue weighted by Gasteiger charge is 2.21. The lowest BCUT2D eigenvalue weighted by Gasteiger charge is -2.21. The lowest BCUT2D eigenvalue weighted by Crippen LogP contribution is -2.29. The van der Waals surface area contributed by atoms with Crippen molar-refractivity contribution in [3.63, 3.8) is 0 Å². The van der Waals surface area contributed by atoms with E-state index in [9.17, 15) is 4.91 Å². The summed E-state index contributed by atoms with van der Waals surface area (Å²) in [5.74, 6) is 0.810. The topological polar surface area (TPSA) is 47.9 Å². The highest BCUT2D eigenvalue weighted by molar-refractivity contribution is 7.99. The van der Waals surface area contributed by atoms with Gasteiger partial charge in [0.05, 0.1) is 11.8 Å². The monoisotopic (exact) mass is 255 g/mol. The molecule has 1 aromatic carbocycles. The van der Waals surface area contributed by atoms with E-state index in [1.165, 1.54) is 5.56 Å². The summed E-state index contributed by atoms with van der Waals surface area (Å²) in [6.45, 7) is 0.184. The Balaban J connectivity index is 2.52. The zero-order valence-corrected chi connectivity index (χ0v) is 10.9. The first kappa shape index (κ1) is 14.2. The van der Waals surface area contributed by atoms with Crippen molar-refractivity contribution in [3.8, 4) is 0 Å². The summed E-state index contributed by atoms with van der Waals surface area (Å²) in [5, 5.41) is 2.85. The van der Waals surface area contributed by atoms with Crippen LogP contribution in [-0.4, -0.2) is 32.3 Å². The van der Waals surface area contributed by atoms with Gasteiger partial charge in [0, 0.05) is 20.0 Å². The van der Waals surface area contributed by atoms with Crippen LogP contribution in [0.3, 0.4) is 0 Å². The summed E-state index contributed by atoms with van der Waals surface area (Å²) in [6, 6.07) is 10.1. The second-order valence-electron chi connectivity index (χ2n) is 3.49. The number of rotatable bonds is 8. The van der Waals surface area contributed by atoms with Crippen molar-refractivity contribution in [3.05, 3.63) is 40.8 Å². The molecule has 0 aliphatic rings. The van der Waals surface area contributed by atoms with Crippen LogP contribution in [0.1, 0.15) is 5.56 Å². The molecule has 0 radical (unpaired) electrons. The van der Waals surface area contributed by atoms with Crippen molar-refractivity contribution in [2.24, 2.45) is 5.18 Å². The third kappa shape index (κ3) is 4.85. The fraction of sp³-hybridized carbons (Fsp3) is 0.500. The summed E-state index contributed by atoms with van der Waals surface area (Å²) in [4.78, 5) is 10.4. The number of thioether (sulfide) groups is 1. The van der Waals surface area contributed by atoms with E-state index in [0.29, 0.717) is 0 Å².